The Labute approximate surface area is 119 Å². The second kappa shape index (κ2) is 5.65. The topological polar surface area (TPSA) is 61.3 Å². The van der Waals surface area contributed by atoms with Crippen LogP contribution in [0.1, 0.15) is 11.1 Å². The summed E-state index contributed by atoms with van der Waals surface area (Å²) in [6, 6.07) is 14.8. The van der Waals surface area contributed by atoms with Gasteiger partial charge in [0.05, 0.1) is 0 Å². The SMILES string of the molecule is NCCc1cccc(-c2cccc3c2OC(CN)C3)c1. The maximum absolute atomic E-state index is 5.99. The van der Waals surface area contributed by atoms with Crippen LogP contribution in [0, 0.1) is 0 Å². The molecule has 1 atom stereocenters. The lowest BCUT2D eigenvalue weighted by molar-refractivity contribution is 0.242. The maximum Gasteiger partial charge on any atom is 0.130 e. The minimum absolute atomic E-state index is 0.110. The van der Waals surface area contributed by atoms with E-state index in [-0.39, 0.29) is 6.10 Å². The van der Waals surface area contributed by atoms with Crippen molar-refractivity contribution in [3.8, 4) is 16.9 Å². The predicted octanol–water partition coefficient (Wildman–Crippen LogP) is 2.12. The molecule has 0 fully saturated rings. The van der Waals surface area contributed by atoms with E-state index in [1.807, 2.05) is 0 Å². The lowest BCUT2D eigenvalue weighted by Gasteiger charge is -2.11. The Balaban J connectivity index is 2.00. The number of hydrogen-bond acceptors (Lipinski definition) is 3. The first-order chi connectivity index (χ1) is 9.81. The Morgan fingerprint density at radius 1 is 1.10 bits per heavy atom. The van der Waals surface area contributed by atoms with Gasteiger partial charge in [-0.2, -0.15) is 0 Å². The van der Waals surface area contributed by atoms with Gasteiger partial charge in [0.15, 0.2) is 0 Å². The first-order valence-corrected chi connectivity index (χ1v) is 7.10. The molecular formula is C17H20N2O. The van der Waals surface area contributed by atoms with Crippen molar-refractivity contribution in [1.82, 2.24) is 0 Å². The number of benzene rings is 2. The standard InChI is InChI=1S/C17H20N2O/c18-8-7-12-3-1-4-13(9-12)16-6-2-5-14-10-15(11-19)20-17(14)16/h1-6,9,15H,7-8,10-11,18-19H2. The molecule has 1 heterocycles. The smallest absolute Gasteiger partial charge is 0.130 e. The Hall–Kier alpha value is -1.84. The summed E-state index contributed by atoms with van der Waals surface area (Å²) in [4.78, 5) is 0. The van der Waals surface area contributed by atoms with Crippen LogP contribution < -0.4 is 16.2 Å². The number of ether oxygens (including phenoxy) is 1. The molecule has 0 saturated carbocycles. The maximum atomic E-state index is 5.99. The minimum atomic E-state index is 0.110. The lowest BCUT2D eigenvalue weighted by atomic mass is 9.98. The Morgan fingerprint density at radius 3 is 2.75 bits per heavy atom. The molecule has 0 bridgehead atoms. The number of hydrogen-bond donors (Lipinski definition) is 2. The fourth-order valence-corrected chi connectivity index (χ4v) is 2.76. The third kappa shape index (κ3) is 2.42. The lowest BCUT2D eigenvalue weighted by Crippen LogP contribution is -2.24. The third-order valence-corrected chi connectivity index (χ3v) is 3.76. The Morgan fingerprint density at radius 2 is 1.95 bits per heavy atom. The van der Waals surface area contributed by atoms with Gasteiger partial charge in [-0.1, -0.05) is 42.5 Å². The molecule has 0 spiro atoms. The number of fused-ring (bicyclic) bond motifs is 1. The van der Waals surface area contributed by atoms with Crippen LogP contribution in [0.4, 0.5) is 0 Å². The first-order valence-electron chi connectivity index (χ1n) is 7.10. The van der Waals surface area contributed by atoms with Crippen LogP contribution in [0.25, 0.3) is 11.1 Å². The van der Waals surface area contributed by atoms with Crippen LogP contribution >= 0.6 is 0 Å². The second-order valence-electron chi connectivity index (χ2n) is 5.21. The fourth-order valence-electron chi connectivity index (χ4n) is 2.76. The van der Waals surface area contributed by atoms with E-state index in [4.69, 9.17) is 16.2 Å². The molecule has 0 aliphatic carbocycles. The van der Waals surface area contributed by atoms with Crippen molar-refractivity contribution < 1.29 is 4.74 Å². The van der Waals surface area contributed by atoms with E-state index >= 15 is 0 Å². The highest BCUT2D eigenvalue weighted by atomic mass is 16.5. The van der Waals surface area contributed by atoms with Gasteiger partial charge in [-0.05, 0) is 29.7 Å². The molecule has 3 nitrogen and oxygen atoms in total. The van der Waals surface area contributed by atoms with Gasteiger partial charge in [0.25, 0.3) is 0 Å². The molecule has 1 aliphatic rings. The third-order valence-electron chi connectivity index (χ3n) is 3.76. The molecule has 4 N–H and O–H groups in total. The number of para-hydroxylation sites is 1. The summed E-state index contributed by atoms with van der Waals surface area (Å²) in [6.45, 7) is 1.23. The van der Waals surface area contributed by atoms with Gasteiger partial charge in [-0.15, -0.1) is 0 Å². The Kier molecular flexibility index (Phi) is 3.72. The molecule has 2 aromatic carbocycles. The molecule has 20 heavy (non-hydrogen) atoms. The van der Waals surface area contributed by atoms with E-state index in [9.17, 15) is 0 Å². The van der Waals surface area contributed by atoms with Crippen LogP contribution in [0.5, 0.6) is 5.75 Å². The molecule has 2 aromatic rings. The molecular weight excluding hydrogens is 248 g/mol. The molecule has 1 aliphatic heterocycles. The summed E-state index contributed by atoms with van der Waals surface area (Å²) in [5.41, 5.74) is 16.2. The summed E-state index contributed by atoms with van der Waals surface area (Å²) in [5.74, 6) is 0.993. The van der Waals surface area contributed by atoms with E-state index in [0.717, 1.165) is 24.2 Å². The van der Waals surface area contributed by atoms with Crippen molar-refractivity contribution in [1.29, 1.82) is 0 Å². The van der Waals surface area contributed by atoms with Gasteiger partial charge in [0.1, 0.15) is 11.9 Å². The van der Waals surface area contributed by atoms with Gasteiger partial charge in [0, 0.05) is 18.5 Å². The zero-order chi connectivity index (χ0) is 13.9. The van der Waals surface area contributed by atoms with Crippen molar-refractivity contribution in [3.05, 3.63) is 53.6 Å². The molecule has 1 unspecified atom stereocenters. The molecule has 0 aromatic heterocycles. The highest BCUT2D eigenvalue weighted by Crippen LogP contribution is 2.38. The quantitative estimate of drug-likeness (QED) is 0.893. The molecule has 0 amide bonds. The molecule has 3 heteroatoms. The van der Waals surface area contributed by atoms with Crippen molar-refractivity contribution in [3.63, 3.8) is 0 Å². The van der Waals surface area contributed by atoms with Crippen molar-refractivity contribution in [2.45, 2.75) is 18.9 Å². The van der Waals surface area contributed by atoms with Crippen LogP contribution in [0.3, 0.4) is 0 Å². The molecule has 104 valence electrons. The molecule has 0 saturated heterocycles. The van der Waals surface area contributed by atoms with Gasteiger partial charge in [0.2, 0.25) is 0 Å². The monoisotopic (exact) mass is 268 g/mol. The van der Waals surface area contributed by atoms with E-state index in [1.54, 1.807) is 0 Å². The Bertz CT molecular complexity index is 610. The van der Waals surface area contributed by atoms with E-state index in [1.165, 1.54) is 16.7 Å². The second-order valence-corrected chi connectivity index (χ2v) is 5.21. The fraction of sp³-hybridized carbons (Fsp3) is 0.294. The van der Waals surface area contributed by atoms with Crippen LogP contribution in [-0.2, 0) is 12.8 Å². The van der Waals surface area contributed by atoms with Gasteiger partial charge in [-0.25, -0.2) is 0 Å². The first kappa shape index (κ1) is 13.2. The highest BCUT2D eigenvalue weighted by Gasteiger charge is 2.24. The minimum Gasteiger partial charge on any atom is -0.488 e. The summed E-state index contributed by atoms with van der Waals surface area (Å²) >= 11 is 0. The summed E-state index contributed by atoms with van der Waals surface area (Å²) in [7, 11) is 0. The predicted molar refractivity (Wildman–Crippen MR) is 81.8 cm³/mol. The van der Waals surface area contributed by atoms with Gasteiger partial charge >= 0.3 is 0 Å². The van der Waals surface area contributed by atoms with Gasteiger partial charge < -0.3 is 16.2 Å². The summed E-state index contributed by atoms with van der Waals surface area (Å²) in [6.07, 6.45) is 1.91. The van der Waals surface area contributed by atoms with Crippen molar-refractivity contribution in [2.24, 2.45) is 11.5 Å². The van der Waals surface area contributed by atoms with Crippen molar-refractivity contribution in [2.75, 3.05) is 13.1 Å². The number of rotatable bonds is 4. The zero-order valence-corrected chi connectivity index (χ0v) is 11.5. The average Bonchev–Trinajstić information content (AvgIpc) is 2.91. The highest BCUT2D eigenvalue weighted by molar-refractivity contribution is 5.73. The normalized spacial score (nSPS) is 16.8. The van der Waals surface area contributed by atoms with Gasteiger partial charge in [-0.3, -0.25) is 0 Å². The molecule has 0 radical (unpaired) electrons. The van der Waals surface area contributed by atoms with Crippen LogP contribution in [0.15, 0.2) is 42.5 Å². The van der Waals surface area contributed by atoms with Crippen LogP contribution in [-0.4, -0.2) is 19.2 Å². The van der Waals surface area contributed by atoms with E-state index in [2.05, 4.69) is 42.5 Å². The summed E-state index contributed by atoms with van der Waals surface area (Å²) < 4.78 is 5.99. The van der Waals surface area contributed by atoms with E-state index in [0.29, 0.717) is 13.1 Å². The largest absolute Gasteiger partial charge is 0.488 e. The molecule has 3 rings (SSSR count). The number of nitrogens with two attached hydrogens (primary N) is 2. The average molecular weight is 268 g/mol. The zero-order valence-electron chi connectivity index (χ0n) is 11.5. The summed E-state index contributed by atoms with van der Waals surface area (Å²) in [5, 5.41) is 0. The van der Waals surface area contributed by atoms with Crippen molar-refractivity contribution >= 4 is 0 Å². The van der Waals surface area contributed by atoms with E-state index < -0.39 is 0 Å². The van der Waals surface area contributed by atoms with Crippen LogP contribution in [0.2, 0.25) is 0 Å².